The van der Waals surface area contributed by atoms with Crippen molar-refractivity contribution in [1.82, 2.24) is 0 Å². The quantitative estimate of drug-likeness (QED) is 0.584. The average Bonchev–Trinajstić information content (AvgIpc) is 2.32. The second-order valence-electron chi connectivity index (χ2n) is 3.85. The zero-order valence-corrected chi connectivity index (χ0v) is 10.6. The molecule has 0 saturated carbocycles. The van der Waals surface area contributed by atoms with Gasteiger partial charge in [-0.05, 0) is 42.5 Å². The van der Waals surface area contributed by atoms with Gasteiger partial charge in [0.1, 0.15) is 11.5 Å². The summed E-state index contributed by atoms with van der Waals surface area (Å²) in [6.07, 6.45) is 0. The van der Waals surface area contributed by atoms with E-state index in [0.29, 0.717) is 22.9 Å². The van der Waals surface area contributed by atoms with Gasteiger partial charge in [-0.1, -0.05) is 0 Å². The summed E-state index contributed by atoms with van der Waals surface area (Å²) in [4.78, 5) is -0.204. The second-order valence-corrected chi connectivity index (χ2v) is 5.27. The Morgan fingerprint density at radius 3 is 2.16 bits per heavy atom. The lowest BCUT2D eigenvalue weighted by atomic mass is 10.2. The second kappa shape index (κ2) is 4.79. The van der Waals surface area contributed by atoms with Gasteiger partial charge in [0.15, 0.2) is 0 Å². The molecular formula is C12H12N2O4S. The number of hydrogen-bond donors (Lipinski definition) is 3. The molecule has 0 aromatic heterocycles. The van der Waals surface area contributed by atoms with Crippen LogP contribution in [0.15, 0.2) is 47.4 Å². The number of ether oxygens (including phenoxy) is 1. The van der Waals surface area contributed by atoms with Gasteiger partial charge in [0.05, 0.1) is 10.6 Å². The Balaban J connectivity index is 2.25. The third-order valence-corrected chi connectivity index (χ3v) is 3.25. The summed E-state index contributed by atoms with van der Waals surface area (Å²) < 4.78 is 36.1. The molecule has 0 atom stereocenters. The lowest BCUT2D eigenvalue weighted by molar-refractivity contribution is 0.479. The van der Waals surface area contributed by atoms with Gasteiger partial charge in [-0.25, -0.2) is 0 Å². The number of benzene rings is 2. The molecule has 0 amide bonds. The first-order chi connectivity index (χ1) is 8.86. The smallest absolute Gasteiger partial charge is 0.294 e. The fourth-order valence-corrected chi connectivity index (χ4v) is 1.95. The molecular weight excluding hydrogens is 268 g/mol. The predicted molar refractivity (Wildman–Crippen MR) is 71.6 cm³/mol. The predicted octanol–water partition coefficient (Wildman–Crippen LogP) is 1.89. The van der Waals surface area contributed by atoms with Crippen LogP contribution in [0.2, 0.25) is 0 Å². The van der Waals surface area contributed by atoms with Crippen molar-refractivity contribution in [2.75, 3.05) is 11.5 Å². The molecule has 0 heterocycles. The standard InChI is InChI=1S/C12H12N2O4S/c13-8-1-6-12(11(14)7-8)18-9-2-4-10(5-3-9)19(15,16)17/h1-7H,13-14H2,(H,15,16,17). The zero-order chi connectivity index (χ0) is 14.0. The van der Waals surface area contributed by atoms with Gasteiger partial charge in [0.2, 0.25) is 0 Å². The van der Waals surface area contributed by atoms with Crippen molar-refractivity contribution in [2.24, 2.45) is 0 Å². The maximum absolute atomic E-state index is 10.9. The Morgan fingerprint density at radius 2 is 1.63 bits per heavy atom. The van der Waals surface area contributed by atoms with E-state index in [-0.39, 0.29) is 4.90 Å². The Labute approximate surface area is 110 Å². The van der Waals surface area contributed by atoms with Crippen LogP contribution in [0, 0.1) is 0 Å². The summed E-state index contributed by atoms with van der Waals surface area (Å²) in [6.45, 7) is 0. The van der Waals surface area contributed by atoms with Gasteiger partial charge in [-0.15, -0.1) is 0 Å². The molecule has 0 bridgehead atoms. The molecule has 0 aliphatic heterocycles. The zero-order valence-electron chi connectivity index (χ0n) is 9.78. The van der Waals surface area contributed by atoms with Crippen LogP contribution in [0.3, 0.4) is 0 Å². The van der Waals surface area contributed by atoms with Crippen LogP contribution in [0.4, 0.5) is 11.4 Å². The lowest BCUT2D eigenvalue weighted by Gasteiger charge is -2.09. The minimum Gasteiger partial charge on any atom is -0.455 e. The van der Waals surface area contributed by atoms with Gasteiger partial charge in [0, 0.05) is 5.69 Å². The summed E-state index contributed by atoms with van der Waals surface area (Å²) in [5.41, 5.74) is 12.2. The van der Waals surface area contributed by atoms with Crippen LogP contribution in [0.5, 0.6) is 11.5 Å². The van der Waals surface area contributed by atoms with E-state index in [4.69, 9.17) is 20.8 Å². The molecule has 0 fully saturated rings. The normalized spacial score (nSPS) is 11.2. The molecule has 0 radical (unpaired) electrons. The largest absolute Gasteiger partial charge is 0.455 e. The number of anilines is 2. The van der Waals surface area contributed by atoms with E-state index in [1.54, 1.807) is 18.2 Å². The minimum atomic E-state index is -4.20. The fraction of sp³-hybridized carbons (Fsp3) is 0. The molecule has 2 aromatic rings. The first-order valence-electron chi connectivity index (χ1n) is 5.27. The van der Waals surface area contributed by atoms with Crippen LogP contribution < -0.4 is 16.2 Å². The van der Waals surface area contributed by atoms with Crippen molar-refractivity contribution in [3.8, 4) is 11.5 Å². The van der Waals surface area contributed by atoms with Gasteiger partial charge in [-0.2, -0.15) is 8.42 Å². The highest BCUT2D eigenvalue weighted by Crippen LogP contribution is 2.29. The van der Waals surface area contributed by atoms with Crippen molar-refractivity contribution in [3.63, 3.8) is 0 Å². The molecule has 0 aliphatic rings. The summed E-state index contributed by atoms with van der Waals surface area (Å²) in [6, 6.07) is 10.1. The van der Waals surface area contributed by atoms with Gasteiger partial charge in [0.25, 0.3) is 10.1 Å². The third-order valence-electron chi connectivity index (χ3n) is 2.38. The van der Waals surface area contributed by atoms with E-state index in [1.807, 2.05) is 0 Å². The van der Waals surface area contributed by atoms with Crippen LogP contribution in [0.25, 0.3) is 0 Å². The van der Waals surface area contributed by atoms with Gasteiger partial charge in [-0.3, -0.25) is 4.55 Å². The highest BCUT2D eigenvalue weighted by molar-refractivity contribution is 7.85. The number of hydrogen-bond acceptors (Lipinski definition) is 5. The Morgan fingerprint density at radius 1 is 1.00 bits per heavy atom. The third kappa shape index (κ3) is 3.15. The molecule has 2 rings (SSSR count). The summed E-state index contributed by atoms with van der Waals surface area (Å²) >= 11 is 0. The van der Waals surface area contributed by atoms with Gasteiger partial charge >= 0.3 is 0 Å². The summed E-state index contributed by atoms with van der Waals surface area (Å²) in [5.74, 6) is 0.803. The molecule has 19 heavy (non-hydrogen) atoms. The maximum Gasteiger partial charge on any atom is 0.294 e. The van der Waals surface area contributed by atoms with Gasteiger partial charge < -0.3 is 16.2 Å². The van der Waals surface area contributed by atoms with E-state index in [1.165, 1.54) is 24.3 Å². The van der Waals surface area contributed by atoms with E-state index in [0.717, 1.165) is 0 Å². The minimum absolute atomic E-state index is 0.204. The first-order valence-corrected chi connectivity index (χ1v) is 6.71. The average molecular weight is 280 g/mol. The van der Waals surface area contributed by atoms with E-state index >= 15 is 0 Å². The number of rotatable bonds is 3. The van der Waals surface area contributed by atoms with Crippen molar-refractivity contribution < 1.29 is 17.7 Å². The van der Waals surface area contributed by atoms with E-state index in [2.05, 4.69) is 0 Å². The number of nitrogens with two attached hydrogens (primary N) is 2. The van der Waals surface area contributed by atoms with Crippen molar-refractivity contribution >= 4 is 21.5 Å². The Hall–Kier alpha value is -2.25. The molecule has 100 valence electrons. The molecule has 5 N–H and O–H groups in total. The molecule has 7 heteroatoms. The van der Waals surface area contributed by atoms with Crippen molar-refractivity contribution in [1.29, 1.82) is 0 Å². The van der Waals surface area contributed by atoms with Crippen LogP contribution >= 0.6 is 0 Å². The van der Waals surface area contributed by atoms with Crippen LogP contribution in [-0.4, -0.2) is 13.0 Å². The monoisotopic (exact) mass is 280 g/mol. The van der Waals surface area contributed by atoms with Crippen LogP contribution in [-0.2, 0) is 10.1 Å². The highest BCUT2D eigenvalue weighted by atomic mass is 32.2. The summed E-state index contributed by atoms with van der Waals surface area (Å²) in [7, 11) is -4.20. The molecule has 0 unspecified atom stereocenters. The Kier molecular flexibility index (Phi) is 3.32. The molecule has 6 nitrogen and oxygen atoms in total. The lowest BCUT2D eigenvalue weighted by Crippen LogP contribution is -1.98. The van der Waals surface area contributed by atoms with E-state index < -0.39 is 10.1 Å². The van der Waals surface area contributed by atoms with E-state index in [9.17, 15) is 8.42 Å². The molecule has 0 aliphatic carbocycles. The first kappa shape index (κ1) is 13.2. The fourth-order valence-electron chi connectivity index (χ4n) is 1.47. The molecule has 0 saturated heterocycles. The Bertz CT molecular complexity index is 696. The molecule has 0 spiro atoms. The maximum atomic E-state index is 10.9. The summed E-state index contributed by atoms with van der Waals surface area (Å²) in [5, 5.41) is 0. The molecule has 2 aromatic carbocycles. The topological polar surface area (TPSA) is 116 Å². The SMILES string of the molecule is Nc1ccc(Oc2ccc(S(=O)(=O)O)cc2)c(N)c1. The number of nitrogen functional groups attached to an aromatic ring is 2. The van der Waals surface area contributed by atoms with Crippen molar-refractivity contribution in [3.05, 3.63) is 42.5 Å². The highest BCUT2D eigenvalue weighted by Gasteiger charge is 2.09. The van der Waals surface area contributed by atoms with Crippen LogP contribution in [0.1, 0.15) is 0 Å². The van der Waals surface area contributed by atoms with Crippen molar-refractivity contribution in [2.45, 2.75) is 4.90 Å².